The molecule has 0 saturated carbocycles. The molecular weight excluding hydrogens is 348 g/mol. The van der Waals surface area contributed by atoms with Crippen LogP contribution in [-0.4, -0.2) is 60.4 Å². The van der Waals surface area contributed by atoms with E-state index in [4.69, 9.17) is 4.98 Å². The van der Waals surface area contributed by atoms with E-state index in [9.17, 15) is 4.79 Å². The Morgan fingerprint density at radius 1 is 1.22 bits per heavy atom. The summed E-state index contributed by atoms with van der Waals surface area (Å²) in [4.78, 5) is 31.0. The molecule has 3 aromatic rings. The van der Waals surface area contributed by atoms with Crippen molar-refractivity contribution in [3.05, 3.63) is 6.33 Å². The van der Waals surface area contributed by atoms with Crippen molar-refractivity contribution in [1.82, 2.24) is 40.0 Å². The first kappa shape index (κ1) is 17.2. The fourth-order valence-corrected chi connectivity index (χ4v) is 3.26. The Morgan fingerprint density at radius 2 is 2.04 bits per heavy atom. The Bertz CT molecular complexity index is 942. The molecule has 4 heterocycles. The molecule has 2 amide bonds. The Labute approximate surface area is 155 Å². The number of hydrogen-bond acceptors (Lipinski definition) is 7. The summed E-state index contributed by atoms with van der Waals surface area (Å²) in [5, 5.41) is 13.3. The van der Waals surface area contributed by atoms with Crippen LogP contribution < -0.4 is 15.5 Å². The number of imidazole rings is 1. The van der Waals surface area contributed by atoms with Gasteiger partial charge in [-0.05, 0) is 26.2 Å². The molecule has 0 spiro atoms. The number of rotatable bonds is 4. The van der Waals surface area contributed by atoms with Crippen LogP contribution in [-0.2, 0) is 7.05 Å². The maximum atomic E-state index is 12.0. The van der Waals surface area contributed by atoms with Gasteiger partial charge < -0.3 is 19.8 Å². The first-order valence-corrected chi connectivity index (χ1v) is 9.08. The Balaban J connectivity index is 1.83. The second kappa shape index (κ2) is 7.17. The monoisotopic (exact) mass is 370 g/mol. The van der Waals surface area contributed by atoms with Crippen LogP contribution in [0.25, 0.3) is 22.8 Å². The van der Waals surface area contributed by atoms with Gasteiger partial charge in [-0.15, -0.1) is 10.2 Å². The molecule has 0 bridgehead atoms. The SMILES string of the molecule is CCNC(=O)Nc1nc(N2CCCCC2)c2nc(-c3nnc[nH]3)n(C)c2n1. The Morgan fingerprint density at radius 3 is 2.74 bits per heavy atom. The van der Waals surface area contributed by atoms with Crippen molar-refractivity contribution in [1.29, 1.82) is 0 Å². The fourth-order valence-electron chi connectivity index (χ4n) is 3.26. The smallest absolute Gasteiger partial charge is 0.321 e. The molecule has 0 aliphatic carbocycles. The molecule has 1 fully saturated rings. The molecule has 0 aromatic carbocycles. The highest BCUT2D eigenvalue weighted by atomic mass is 16.2. The van der Waals surface area contributed by atoms with Crippen LogP contribution in [0.15, 0.2) is 6.33 Å². The second-order valence-electron chi connectivity index (χ2n) is 6.41. The highest BCUT2D eigenvalue weighted by Gasteiger charge is 2.23. The van der Waals surface area contributed by atoms with Gasteiger partial charge in [0.25, 0.3) is 0 Å². The molecule has 142 valence electrons. The van der Waals surface area contributed by atoms with Crippen LogP contribution in [0.5, 0.6) is 0 Å². The zero-order valence-electron chi connectivity index (χ0n) is 15.4. The van der Waals surface area contributed by atoms with Crippen LogP contribution in [0, 0.1) is 0 Å². The maximum absolute atomic E-state index is 12.0. The molecular formula is C16H22N10O. The molecule has 0 unspecified atom stereocenters. The first-order valence-electron chi connectivity index (χ1n) is 9.08. The zero-order chi connectivity index (χ0) is 18.8. The number of aromatic nitrogens is 7. The van der Waals surface area contributed by atoms with Crippen LogP contribution >= 0.6 is 0 Å². The number of H-pyrrole nitrogens is 1. The van der Waals surface area contributed by atoms with E-state index < -0.39 is 0 Å². The van der Waals surface area contributed by atoms with E-state index in [0.717, 1.165) is 31.7 Å². The van der Waals surface area contributed by atoms with E-state index in [1.54, 1.807) is 0 Å². The normalized spacial score (nSPS) is 14.5. The standard InChI is InChI=1S/C16H22N10O/c1-3-17-16(27)23-15-21-12-10(13(22-15)26-7-5-4-6-8-26)20-14(25(12)2)11-18-9-19-24-11/h9H,3-8H2,1-2H3,(H,18,19,24)(H2,17,21,22,23,27). The lowest BCUT2D eigenvalue weighted by Crippen LogP contribution is -2.32. The number of nitrogens with zero attached hydrogens (tertiary/aromatic N) is 7. The Kier molecular flexibility index (Phi) is 4.57. The van der Waals surface area contributed by atoms with Crippen molar-refractivity contribution < 1.29 is 4.79 Å². The molecule has 1 aliphatic rings. The summed E-state index contributed by atoms with van der Waals surface area (Å²) < 4.78 is 1.83. The van der Waals surface area contributed by atoms with Gasteiger partial charge in [0.2, 0.25) is 5.95 Å². The van der Waals surface area contributed by atoms with Gasteiger partial charge in [-0.1, -0.05) is 0 Å². The molecule has 1 saturated heterocycles. The molecule has 0 atom stereocenters. The lowest BCUT2D eigenvalue weighted by atomic mass is 10.1. The average Bonchev–Trinajstić information content (AvgIpc) is 3.31. The van der Waals surface area contributed by atoms with Crippen molar-refractivity contribution in [3.63, 3.8) is 0 Å². The second-order valence-corrected chi connectivity index (χ2v) is 6.41. The minimum Gasteiger partial charge on any atom is -0.355 e. The van der Waals surface area contributed by atoms with E-state index in [2.05, 4.69) is 40.7 Å². The van der Waals surface area contributed by atoms with Crippen molar-refractivity contribution in [2.24, 2.45) is 7.05 Å². The van der Waals surface area contributed by atoms with E-state index in [-0.39, 0.29) is 12.0 Å². The van der Waals surface area contributed by atoms with E-state index in [1.165, 1.54) is 12.7 Å². The quantitative estimate of drug-likeness (QED) is 0.631. The average molecular weight is 370 g/mol. The molecule has 27 heavy (non-hydrogen) atoms. The molecule has 3 aromatic heterocycles. The summed E-state index contributed by atoms with van der Waals surface area (Å²) in [6.07, 6.45) is 4.92. The first-order chi connectivity index (χ1) is 13.2. The number of hydrogen-bond donors (Lipinski definition) is 3. The number of urea groups is 1. The van der Waals surface area contributed by atoms with Crippen LogP contribution in [0.2, 0.25) is 0 Å². The maximum Gasteiger partial charge on any atom is 0.321 e. The molecule has 11 nitrogen and oxygen atoms in total. The van der Waals surface area contributed by atoms with Crippen LogP contribution in [0.1, 0.15) is 26.2 Å². The number of piperidine rings is 1. The van der Waals surface area contributed by atoms with E-state index in [1.807, 2.05) is 18.5 Å². The van der Waals surface area contributed by atoms with Crippen LogP contribution in [0.4, 0.5) is 16.6 Å². The molecule has 3 N–H and O–H groups in total. The van der Waals surface area contributed by atoms with Gasteiger partial charge in [0.1, 0.15) is 6.33 Å². The summed E-state index contributed by atoms with van der Waals surface area (Å²) in [5.74, 6) is 2.15. The number of nitrogens with one attached hydrogen (secondary N) is 3. The zero-order valence-corrected chi connectivity index (χ0v) is 15.4. The van der Waals surface area contributed by atoms with Gasteiger partial charge in [0, 0.05) is 26.7 Å². The van der Waals surface area contributed by atoms with E-state index in [0.29, 0.717) is 29.4 Å². The topological polar surface area (TPSA) is 130 Å². The summed E-state index contributed by atoms with van der Waals surface area (Å²) in [6, 6.07) is -0.334. The number of anilines is 2. The van der Waals surface area contributed by atoms with Crippen molar-refractivity contribution >= 4 is 29.0 Å². The van der Waals surface area contributed by atoms with Gasteiger partial charge in [-0.3, -0.25) is 5.32 Å². The van der Waals surface area contributed by atoms with Gasteiger partial charge >= 0.3 is 6.03 Å². The Hall–Kier alpha value is -3.24. The molecule has 0 radical (unpaired) electrons. The molecule has 1 aliphatic heterocycles. The summed E-state index contributed by atoms with van der Waals surface area (Å²) in [5.41, 5.74) is 1.32. The lowest BCUT2D eigenvalue weighted by Gasteiger charge is -2.27. The number of amides is 2. The molecule has 4 rings (SSSR count). The van der Waals surface area contributed by atoms with Crippen molar-refractivity contribution in [2.75, 3.05) is 29.9 Å². The number of aryl methyl sites for hydroxylation is 1. The number of fused-ring (bicyclic) bond motifs is 1. The fraction of sp³-hybridized carbons (Fsp3) is 0.500. The third-order valence-electron chi connectivity index (χ3n) is 4.55. The van der Waals surface area contributed by atoms with Gasteiger partial charge in [0.05, 0.1) is 0 Å². The summed E-state index contributed by atoms with van der Waals surface area (Å²) in [6.45, 7) is 4.18. The lowest BCUT2D eigenvalue weighted by molar-refractivity contribution is 0.252. The minimum atomic E-state index is -0.334. The van der Waals surface area contributed by atoms with Crippen LogP contribution in [0.3, 0.4) is 0 Å². The van der Waals surface area contributed by atoms with Gasteiger partial charge in [-0.2, -0.15) is 9.97 Å². The third-order valence-corrected chi connectivity index (χ3v) is 4.55. The van der Waals surface area contributed by atoms with E-state index >= 15 is 0 Å². The predicted octanol–water partition coefficient (Wildman–Crippen LogP) is 1.28. The minimum absolute atomic E-state index is 0.251. The molecule has 11 heteroatoms. The number of aromatic amines is 1. The number of carbonyl (C=O) groups excluding carboxylic acids is 1. The highest BCUT2D eigenvalue weighted by molar-refractivity contribution is 5.91. The summed E-state index contributed by atoms with van der Waals surface area (Å²) >= 11 is 0. The van der Waals surface area contributed by atoms with Crippen molar-refractivity contribution in [2.45, 2.75) is 26.2 Å². The highest BCUT2D eigenvalue weighted by Crippen LogP contribution is 2.29. The number of carbonyl (C=O) groups is 1. The largest absolute Gasteiger partial charge is 0.355 e. The van der Waals surface area contributed by atoms with Gasteiger partial charge in [-0.25, -0.2) is 9.78 Å². The predicted molar refractivity (Wildman–Crippen MR) is 100 cm³/mol. The van der Waals surface area contributed by atoms with Gasteiger partial charge in [0.15, 0.2) is 28.6 Å². The van der Waals surface area contributed by atoms with Crippen molar-refractivity contribution in [3.8, 4) is 11.6 Å². The summed E-state index contributed by atoms with van der Waals surface area (Å²) in [7, 11) is 1.86. The third kappa shape index (κ3) is 3.27.